The van der Waals surface area contributed by atoms with Crippen LogP contribution in [0, 0.1) is 5.41 Å². The molecule has 3 fully saturated rings. The minimum atomic E-state index is -1.17. The number of amides is 4. The second kappa shape index (κ2) is 40.0. The lowest BCUT2D eigenvalue weighted by atomic mass is 9.98. The maximum Gasteiger partial charge on any atom is 0.326 e. The number of aliphatic carboxylic acids is 2. The van der Waals surface area contributed by atoms with Crippen LogP contribution in [0.2, 0.25) is 0 Å². The molecular weight excluding hydrogens is 1300 g/mol. The summed E-state index contributed by atoms with van der Waals surface area (Å²) in [5.41, 5.74) is 3.01. The van der Waals surface area contributed by atoms with Gasteiger partial charge in [0.05, 0.1) is 38.6 Å². The molecule has 0 spiro atoms. The first-order chi connectivity index (χ1) is 46.3. The lowest BCUT2D eigenvalue weighted by Gasteiger charge is -2.27. The van der Waals surface area contributed by atoms with E-state index < -0.39 is 24.0 Å². The summed E-state index contributed by atoms with van der Waals surface area (Å²) in [4.78, 5) is 131. The van der Waals surface area contributed by atoms with Crippen molar-refractivity contribution in [2.45, 2.75) is 204 Å². The molecular formula is C70H99BrN10O15. The molecule has 26 heteroatoms. The SMILES string of the molecule is CC(=O)c1nn(CC(=O)N2[C@H](C(=O)Nc3nc(Br)ccc3C3CC3)C[C@@]3(CN(C)C)C[C@@H]23)c2ccc(-c3cnc(CCC(=O)COCCOCCNC(=O)COCCOCCCC(=O)CC[C@H](NC(=O)CCCCCCCCCCCCCCCCC(=O)O)C(=O)O)nc3)cc12. The van der Waals surface area contributed by atoms with E-state index in [1.165, 1.54) is 45.4 Å². The van der Waals surface area contributed by atoms with E-state index in [0.717, 1.165) is 81.9 Å². The summed E-state index contributed by atoms with van der Waals surface area (Å²) in [7, 11) is 4.00. The smallest absolute Gasteiger partial charge is 0.326 e. The number of rotatable bonds is 51. The third kappa shape index (κ3) is 25.8. The van der Waals surface area contributed by atoms with Gasteiger partial charge in [-0.3, -0.25) is 43.0 Å². The van der Waals surface area contributed by atoms with Crippen molar-refractivity contribution in [1.82, 2.24) is 45.2 Å². The number of aryl methyl sites for hydroxylation is 1. The fourth-order valence-electron chi connectivity index (χ4n) is 12.6. The van der Waals surface area contributed by atoms with Crippen molar-refractivity contribution >= 4 is 85.6 Å². The van der Waals surface area contributed by atoms with Gasteiger partial charge < -0.3 is 54.9 Å². The first kappa shape index (κ1) is 76.4. The highest BCUT2D eigenvalue weighted by Crippen LogP contribution is 2.60. The van der Waals surface area contributed by atoms with Crippen molar-refractivity contribution in [3.8, 4) is 11.1 Å². The van der Waals surface area contributed by atoms with Gasteiger partial charge in [0, 0.05) is 99.9 Å². The highest BCUT2D eigenvalue weighted by Gasteiger charge is 2.67. The van der Waals surface area contributed by atoms with E-state index in [4.69, 9.17) is 24.1 Å². The Morgan fingerprint density at radius 2 is 1.32 bits per heavy atom. The fourth-order valence-corrected chi connectivity index (χ4v) is 12.9. The molecule has 96 heavy (non-hydrogen) atoms. The first-order valence-corrected chi connectivity index (χ1v) is 35.2. The Bertz CT molecular complexity index is 3230. The second-order valence-corrected chi connectivity index (χ2v) is 26.9. The van der Waals surface area contributed by atoms with E-state index in [9.17, 15) is 48.3 Å². The van der Waals surface area contributed by atoms with Gasteiger partial charge >= 0.3 is 11.9 Å². The van der Waals surface area contributed by atoms with E-state index in [1.54, 1.807) is 22.0 Å². The number of anilines is 1. The maximum absolute atomic E-state index is 14.5. The van der Waals surface area contributed by atoms with Crippen molar-refractivity contribution in [3.05, 3.63) is 64.4 Å². The number of fused-ring (bicyclic) bond motifs is 2. The molecule has 1 aliphatic heterocycles. The number of halogens is 1. The van der Waals surface area contributed by atoms with Crippen LogP contribution in [0.25, 0.3) is 22.0 Å². The summed E-state index contributed by atoms with van der Waals surface area (Å²) >= 11 is 3.45. The third-order valence-electron chi connectivity index (χ3n) is 17.8. The Kier molecular flexibility index (Phi) is 31.9. The number of ether oxygens (including phenoxy) is 4. The van der Waals surface area contributed by atoms with Crippen LogP contribution in [-0.2, 0) is 70.3 Å². The van der Waals surface area contributed by atoms with Crippen LogP contribution in [-0.4, -0.2) is 196 Å². The third-order valence-corrected chi connectivity index (χ3v) is 18.2. The average molecular weight is 1400 g/mol. The Hall–Kier alpha value is -6.97. The highest BCUT2D eigenvalue weighted by atomic mass is 79.9. The van der Waals surface area contributed by atoms with Gasteiger partial charge in [0.1, 0.15) is 59.6 Å². The minimum absolute atomic E-state index is 0.0183. The number of likely N-dealkylation sites (tertiary alicyclic amines) is 1. The Balaban J connectivity index is 0.680. The van der Waals surface area contributed by atoms with Crippen LogP contribution in [0.15, 0.2) is 47.3 Å². The zero-order valence-corrected chi connectivity index (χ0v) is 57.8. The molecule has 3 aliphatic rings. The normalized spacial score (nSPS) is 16.7. The first-order valence-electron chi connectivity index (χ1n) is 34.4. The van der Waals surface area contributed by atoms with Crippen LogP contribution in [0.5, 0.6) is 0 Å². The Labute approximate surface area is 571 Å². The predicted molar refractivity (Wildman–Crippen MR) is 362 cm³/mol. The number of pyridine rings is 1. The number of aromatic nitrogens is 5. The number of nitrogens with one attached hydrogen (secondary N) is 3. The minimum Gasteiger partial charge on any atom is -0.481 e. The summed E-state index contributed by atoms with van der Waals surface area (Å²) in [6, 6.07) is 7.44. The fraction of sp³-hybridized carbons (Fsp3) is 0.643. The Morgan fingerprint density at radius 1 is 0.688 bits per heavy atom. The molecule has 4 amide bonds. The van der Waals surface area contributed by atoms with Crippen molar-refractivity contribution in [1.29, 1.82) is 0 Å². The van der Waals surface area contributed by atoms with Crippen molar-refractivity contribution < 1.29 is 72.3 Å². The van der Waals surface area contributed by atoms with Gasteiger partial charge in [-0.15, -0.1) is 0 Å². The average Bonchev–Trinajstić information content (AvgIpc) is 1.54. The molecule has 0 unspecified atom stereocenters. The number of ketones is 3. The molecule has 1 saturated heterocycles. The predicted octanol–water partition coefficient (Wildman–Crippen LogP) is 9.00. The van der Waals surface area contributed by atoms with E-state index in [-0.39, 0.29) is 163 Å². The standard InChI is InChI=1S/C70H99BrN10O15/c1-48(82)66-55-39-50(24-29-57(55)80(78-66)44-64(87)81-58(40-70(41-59(70)81)47-79(2)3)68(90)77-67-54(49-22-23-49)27-30-60(71)76-67)51-42-73-61(74-43-51)31-26-53(84)45-95-37-36-94-34-32-72-63(86)46-96-38-35-93-33-18-19-52(83)25-28-56(69(91)92)75-62(85)20-16-14-12-10-8-6-4-5-7-9-11-13-15-17-21-65(88)89/h24,27,29-30,39,42-43,49,56,58-59H,4-23,25-26,28,31-38,40-41,44-47H2,1-3H3,(H,72,86)(H,75,85)(H,88,89)(H,91,92)(H,76,77,90)/t56-,58-,59+,70-/m0/s1. The molecule has 3 aromatic heterocycles. The van der Waals surface area contributed by atoms with Gasteiger partial charge in [0.15, 0.2) is 11.6 Å². The van der Waals surface area contributed by atoms with Crippen LogP contribution in [0.4, 0.5) is 5.82 Å². The molecule has 1 aromatic carbocycles. The monoisotopic (exact) mass is 1400 g/mol. The van der Waals surface area contributed by atoms with Gasteiger partial charge in [-0.25, -0.2) is 19.7 Å². The number of carboxylic acid groups (broad SMARTS) is 2. The zero-order chi connectivity index (χ0) is 68.8. The van der Waals surface area contributed by atoms with Gasteiger partial charge in [-0.05, 0) is 117 Å². The number of hydrogen-bond donors (Lipinski definition) is 5. The maximum atomic E-state index is 14.5. The summed E-state index contributed by atoms with van der Waals surface area (Å²) in [5, 5.41) is 31.9. The van der Waals surface area contributed by atoms with Crippen molar-refractivity contribution in [2.75, 3.05) is 85.4 Å². The molecule has 4 aromatic rings. The second-order valence-electron chi connectivity index (χ2n) is 26.1. The zero-order valence-electron chi connectivity index (χ0n) is 56.2. The van der Waals surface area contributed by atoms with Gasteiger partial charge in [-0.2, -0.15) is 5.10 Å². The van der Waals surface area contributed by atoms with Crippen LogP contribution in [0.3, 0.4) is 0 Å². The number of carbonyl (C=O) groups is 9. The number of carbonyl (C=O) groups excluding carboxylic acids is 7. The van der Waals surface area contributed by atoms with Crippen molar-refractivity contribution in [3.63, 3.8) is 0 Å². The molecule has 2 aliphatic carbocycles. The lowest BCUT2D eigenvalue weighted by Crippen LogP contribution is -2.47. The number of benzene rings is 1. The van der Waals surface area contributed by atoms with Crippen LogP contribution in [0.1, 0.15) is 195 Å². The molecule has 4 heterocycles. The number of piperidine rings is 1. The molecule has 7 rings (SSSR count). The van der Waals surface area contributed by atoms with Gasteiger partial charge in [0.25, 0.3) is 0 Å². The quantitative estimate of drug-likeness (QED) is 0.0156. The van der Waals surface area contributed by atoms with Crippen LogP contribution < -0.4 is 16.0 Å². The summed E-state index contributed by atoms with van der Waals surface area (Å²) in [6.07, 6.45) is 23.4. The van der Waals surface area contributed by atoms with Gasteiger partial charge in [-0.1, -0.05) is 89.2 Å². The number of carboxylic acids is 2. The molecule has 0 bridgehead atoms. The van der Waals surface area contributed by atoms with E-state index in [1.807, 2.05) is 44.4 Å². The summed E-state index contributed by atoms with van der Waals surface area (Å²) in [5.74, 6) is -2.25. The molecule has 2 saturated carbocycles. The molecule has 25 nitrogen and oxygen atoms in total. The molecule has 5 N–H and O–H groups in total. The molecule has 526 valence electrons. The largest absolute Gasteiger partial charge is 0.481 e. The topological polar surface area (TPSA) is 330 Å². The number of Topliss-reactive ketones (excluding diaryl/α,β-unsaturated/α-hetero) is 3. The number of unbranched alkanes of at least 4 members (excludes halogenated alkanes) is 13. The lowest BCUT2D eigenvalue weighted by molar-refractivity contribution is -0.142. The van der Waals surface area contributed by atoms with E-state index in [0.29, 0.717) is 64.3 Å². The van der Waals surface area contributed by atoms with E-state index >= 15 is 0 Å². The Morgan fingerprint density at radius 3 is 1.96 bits per heavy atom. The van der Waals surface area contributed by atoms with E-state index in [2.05, 4.69) is 56.8 Å². The number of hydrogen-bond acceptors (Lipinski definition) is 18. The summed E-state index contributed by atoms with van der Waals surface area (Å²) in [6.45, 7) is 3.24. The molecule has 4 atom stereocenters. The van der Waals surface area contributed by atoms with Crippen molar-refractivity contribution in [2.24, 2.45) is 5.41 Å². The number of nitrogens with zero attached hydrogens (tertiary/aromatic N) is 7. The summed E-state index contributed by atoms with van der Waals surface area (Å²) < 4.78 is 24.1. The van der Waals surface area contributed by atoms with Gasteiger partial charge in [0.2, 0.25) is 23.6 Å². The highest BCUT2D eigenvalue weighted by molar-refractivity contribution is 9.10. The van der Waals surface area contributed by atoms with Crippen LogP contribution >= 0.6 is 15.9 Å². The molecule has 0 radical (unpaired) electrons.